The van der Waals surface area contributed by atoms with E-state index >= 15 is 0 Å². The van der Waals surface area contributed by atoms with Gasteiger partial charge >= 0.3 is 0 Å². The van der Waals surface area contributed by atoms with Gasteiger partial charge in [-0.05, 0) is 56.0 Å². The summed E-state index contributed by atoms with van der Waals surface area (Å²) in [6.07, 6.45) is 7.32. The van der Waals surface area contributed by atoms with Gasteiger partial charge in [-0.1, -0.05) is 62.9 Å². The van der Waals surface area contributed by atoms with Crippen LogP contribution in [0.5, 0.6) is 0 Å². The Kier molecular flexibility index (Phi) is 6.65. The van der Waals surface area contributed by atoms with E-state index in [9.17, 15) is 14.0 Å². The third-order valence-corrected chi connectivity index (χ3v) is 7.56. The monoisotopic (exact) mass is 488 g/mol. The van der Waals surface area contributed by atoms with Crippen molar-refractivity contribution in [2.24, 2.45) is 0 Å². The third kappa shape index (κ3) is 4.54. The summed E-state index contributed by atoms with van der Waals surface area (Å²) in [5.41, 5.74) is 2.28. The number of anilines is 1. The summed E-state index contributed by atoms with van der Waals surface area (Å²) in [6.45, 7) is 4.03. The molecule has 0 unspecified atom stereocenters. The first-order chi connectivity index (χ1) is 17.4. The van der Waals surface area contributed by atoms with Crippen molar-refractivity contribution in [2.45, 2.75) is 76.9 Å². The number of fused-ring (bicyclic) bond motifs is 1. The molecule has 7 heteroatoms. The van der Waals surface area contributed by atoms with E-state index in [-0.39, 0.29) is 24.4 Å². The molecule has 2 amide bonds. The lowest BCUT2D eigenvalue weighted by atomic mass is 9.93. The van der Waals surface area contributed by atoms with Crippen LogP contribution in [0.25, 0.3) is 11.3 Å². The largest absolute Gasteiger partial charge is 0.351 e. The van der Waals surface area contributed by atoms with Crippen molar-refractivity contribution in [3.8, 4) is 11.3 Å². The minimum atomic E-state index is -1.26. The minimum absolute atomic E-state index is 0.0768. The molecular weight excluding hydrogens is 455 g/mol. The van der Waals surface area contributed by atoms with Crippen LogP contribution >= 0.6 is 0 Å². The van der Waals surface area contributed by atoms with Gasteiger partial charge in [-0.3, -0.25) is 19.2 Å². The van der Waals surface area contributed by atoms with Crippen molar-refractivity contribution in [1.82, 2.24) is 15.1 Å². The van der Waals surface area contributed by atoms with E-state index in [1.165, 1.54) is 35.4 Å². The Morgan fingerprint density at radius 3 is 2.47 bits per heavy atom. The number of hydrogen-bond donors (Lipinski definition) is 1. The predicted octanol–water partition coefficient (Wildman–Crippen LogP) is 5.51. The molecule has 1 N–H and O–H groups in total. The van der Waals surface area contributed by atoms with Crippen LogP contribution in [-0.4, -0.2) is 33.2 Å². The SMILES string of the molecule is CCc1ccc(-c2cc3n(n2)C[C@@](C)(C(=O)NC2CCCCCC2)N(c2cccc(F)c2)C3=O)cc1. The number of benzene rings is 2. The van der Waals surface area contributed by atoms with Crippen LogP contribution < -0.4 is 10.2 Å². The molecule has 1 saturated carbocycles. The normalized spacial score (nSPS) is 20.6. The second-order valence-electron chi connectivity index (χ2n) is 10.2. The van der Waals surface area contributed by atoms with Crippen LogP contribution in [0.2, 0.25) is 0 Å². The zero-order valence-corrected chi connectivity index (χ0v) is 21.0. The van der Waals surface area contributed by atoms with Crippen molar-refractivity contribution in [2.75, 3.05) is 4.90 Å². The number of halogens is 1. The first kappa shape index (κ1) is 24.2. The number of rotatable bonds is 5. The van der Waals surface area contributed by atoms with E-state index < -0.39 is 11.4 Å². The second-order valence-corrected chi connectivity index (χ2v) is 10.2. The molecule has 0 saturated heterocycles. The van der Waals surface area contributed by atoms with Crippen LogP contribution in [0, 0.1) is 5.82 Å². The van der Waals surface area contributed by atoms with E-state index in [4.69, 9.17) is 5.10 Å². The summed E-state index contributed by atoms with van der Waals surface area (Å²) in [5, 5.41) is 7.95. The van der Waals surface area contributed by atoms with Gasteiger partial charge in [0.05, 0.1) is 12.2 Å². The summed E-state index contributed by atoms with van der Waals surface area (Å²) >= 11 is 0. The zero-order chi connectivity index (χ0) is 25.3. The number of amides is 2. The van der Waals surface area contributed by atoms with Gasteiger partial charge in [0.2, 0.25) is 5.91 Å². The van der Waals surface area contributed by atoms with Gasteiger partial charge in [0.15, 0.2) is 0 Å². The van der Waals surface area contributed by atoms with Crippen molar-refractivity contribution in [3.63, 3.8) is 0 Å². The molecular formula is C29H33FN4O2. The number of carbonyl (C=O) groups excluding carboxylic acids is 2. The minimum Gasteiger partial charge on any atom is -0.351 e. The second kappa shape index (κ2) is 9.88. The van der Waals surface area contributed by atoms with Gasteiger partial charge < -0.3 is 5.32 Å². The molecule has 5 rings (SSSR count). The van der Waals surface area contributed by atoms with E-state index in [1.54, 1.807) is 29.8 Å². The maximum absolute atomic E-state index is 14.2. The molecule has 2 aromatic carbocycles. The smallest absolute Gasteiger partial charge is 0.277 e. The Balaban J connectivity index is 1.53. The summed E-state index contributed by atoms with van der Waals surface area (Å²) < 4.78 is 15.9. The molecule has 6 nitrogen and oxygen atoms in total. The topological polar surface area (TPSA) is 67.2 Å². The number of aromatic nitrogens is 2. The fraction of sp³-hybridized carbons (Fsp3) is 0.414. The highest BCUT2D eigenvalue weighted by Crippen LogP contribution is 2.35. The molecule has 2 heterocycles. The molecule has 36 heavy (non-hydrogen) atoms. The summed E-state index contributed by atoms with van der Waals surface area (Å²) in [4.78, 5) is 29.2. The molecule has 0 bridgehead atoms. The fourth-order valence-electron chi connectivity index (χ4n) is 5.42. The Bertz CT molecular complexity index is 1260. The summed E-state index contributed by atoms with van der Waals surface area (Å²) in [6, 6.07) is 15.8. The molecule has 1 aromatic heterocycles. The highest BCUT2D eigenvalue weighted by Gasteiger charge is 2.49. The maximum Gasteiger partial charge on any atom is 0.277 e. The van der Waals surface area contributed by atoms with E-state index in [0.717, 1.165) is 37.7 Å². The third-order valence-electron chi connectivity index (χ3n) is 7.56. The Morgan fingerprint density at radius 2 is 1.81 bits per heavy atom. The van der Waals surface area contributed by atoms with Gasteiger partial charge in [-0.2, -0.15) is 5.10 Å². The zero-order valence-electron chi connectivity index (χ0n) is 21.0. The number of aryl methyl sites for hydroxylation is 1. The number of carbonyl (C=O) groups is 2. The summed E-state index contributed by atoms with van der Waals surface area (Å²) in [5.74, 6) is -1.06. The molecule has 1 aliphatic carbocycles. The molecule has 0 radical (unpaired) electrons. The predicted molar refractivity (Wildman–Crippen MR) is 138 cm³/mol. The number of hydrogen-bond acceptors (Lipinski definition) is 3. The van der Waals surface area contributed by atoms with Gasteiger partial charge in [-0.25, -0.2) is 4.39 Å². The Labute approximate surface area is 211 Å². The first-order valence-electron chi connectivity index (χ1n) is 13.0. The van der Waals surface area contributed by atoms with Crippen molar-refractivity contribution in [1.29, 1.82) is 0 Å². The molecule has 0 spiro atoms. The highest BCUT2D eigenvalue weighted by molar-refractivity contribution is 6.12. The van der Waals surface area contributed by atoms with Gasteiger partial charge in [0, 0.05) is 17.3 Å². The van der Waals surface area contributed by atoms with E-state index in [2.05, 4.69) is 24.4 Å². The molecule has 1 atom stereocenters. The molecule has 1 aliphatic heterocycles. The molecule has 188 valence electrons. The number of nitrogens with one attached hydrogen (secondary N) is 1. The molecule has 2 aliphatic rings. The average molecular weight is 489 g/mol. The first-order valence-corrected chi connectivity index (χ1v) is 13.0. The quantitative estimate of drug-likeness (QED) is 0.482. The van der Waals surface area contributed by atoms with Crippen LogP contribution in [-0.2, 0) is 17.8 Å². The van der Waals surface area contributed by atoms with Crippen molar-refractivity contribution >= 4 is 17.5 Å². The lowest BCUT2D eigenvalue weighted by Crippen LogP contribution is -2.65. The average Bonchev–Trinajstić information content (AvgIpc) is 3.12. The fourth-order valence-corrected chi connectivity index (χ4v) is 5.42. The molecule has 1 fully saturated rings. The van der Waals surface area contributed by atoms with Crippen LogP contribution in [0.3, 0.4) is 0 Å². The highest BCUT2D eigenvalue weighted by atomic mass is 19.1. The van der Waals surface area contributed by atoms with E-state index in [0.29, 0.717) is 17.1 Å². The standard InChI is InChI=1S/C29H33FN4O2/c1-3-20-13-15-21(16-14-20)25-18-26-27(35)34(24-12-8-9-22(30)17-24)29(2,19-33(26)32-25)28(36)31-23-10-6-4-5-7-11-23/h8-9,12-18,23H,3-7,10-11,19H2,1-2H3,(H,31,36)/t29-/m0/s1. The van der Waals surface area contributed by atoms with Crippen LogP contribution in [0.15, 0.2) is 54.6 Å². The summed E-state index contributed by atoms with van der Waals surface area (Å²) in [7, 11) is 0. The number of nitrogens with zero attached hydrogens (tertiary/aromatic N) is 3. The van der Waals surface area contributed by atoms with Crippen LogP contribution in [0.4, 0.5) is 10.1 Å². The maximum atomic E-state index is 14.2. The Morgan fingerprint density at radius 1 is 1.08 bits per heavy atom. The van der Waals surface area contributed by atoms with Gasteiger partial charge in [0.1, 0.15) is 17.1 Å². The lowest BCUT2D eigenvalue weighted by molar-refractivity contribution is -0.127. The Hall–Kier alpha value is -3.48. The van der Waals surface area contributed by atoms with Crippen molar-refractivity contribution < 1.29 is 14.0 Å². The van der Waals surface area contributed by atoms with E-state index in [1.807, 2.05) is 12.1 Å². The lowest BCUT2D eigenvalue weighted by Gasteiger charge is -2.43. The van der Waals surface area contributed by atoms with Crippen LogP contribution in [0.1, 0.15) is 68.4 Å². The van der Waals surface area contributed by atoms with Crippen molar-refractivity contribution in [3.05, 3.63) is 71.7 Å². The van der Waals surface area contributed by atoms with Gasteiger partial charge in [0.25, 0.3) is 5.91 Å². The van der Waals surface area contributed by atoms with Gasteiger partial charge in [-0.15, -0.1) is 0 Å². The molecule has 3 aromatic rings.